The number of pyridine rings is 1. The van der Waals surface area contributed by atoms with E-state index in [0.717, 1.165) is 5.56 Å². The molecule has 0 spiro atoms. The zero-order valence-electron chi connectivity index (χ0n) is 11.5. The Morgan fingerprint density at radius 2 is 2.05 bits per heavy atom. The van der Waals surface area contributed by atoms with Crippen LogP contribution in [0.25, 0.3) is 11.3 Å². The first-order valence-corrected chi connectivity index (χ1v) is 7.58. The van der Waals surface area contributed by atoms with E-state index in [1.807, 2.05) is 6.07 Å². The van der Waals surface area contributed by atoms with Crippen LogP contribution in [0.2, 0.25) is 0 Å². The van der Waals surface area contributed by atoms with Crippen molar-refractivity contribution in [2.45, 2.75) is 5.33 Å². The maximum absolute atomic E-state index is 12.1. The number of rotatable bonds is 6. The zero-order valence-corrected chi connectivity index (χ0v) is 13.1. The van der Waals surface area contributed by atoms with Crippen LogP contribution in [0.15, 0.2) is 34.9 Å². The van der Waals surface area contributed by atoms with Gasteiger partial charge < -0.3 is 20.2 Å². The van der Waals surface area contributed by atoms with Gasteiger partial charge >= 0.3 is 6.09 Å². The topological polar surface area (TPSA) is 104 Å². The maximum atomic E-state index is 12.1. The zero-order chi connectivity index (χ0) is 15.9. The first-order valence-electron chi connectivity index (χ1n) is 6.46. The van der Waals surface area contributed by atoms with E-state index in [2.05, 4.69) is 31.5 Å². The van der Waals surface area contributed by atoms with Crippen molar-refractivity contribution in [3.8, 4) is 11.3 Å². The lowest BCUT2D eigenvalue weighted by atomic mass is 10.1. The fraction of sp³-hybridized carbons (Fsp3) is 0.214. The third-order valence-electron chi connectivity index (χ3n) is 2.74. The molecule has 3 N–H and O–H groups in total. The highest BCUT2D eigenvalue weighted by Crippen LogP contribution is 2.22. The number of carbonyl (C=O) groups excluding carboxylic acids is 1. The summed E-state index contributed by atoms with van der Waals surface area (Å²) in [4.78, 5) is 26.6. The summed E-state index contributed by atoms with van der Waals surface area (Å²) in [7, 11) is 0. The van der Waals surface area contributed by atoms with Gasteiger partial charge in [-0.15, -0.1) is 0 Å². The molecule has 7 nitrogen and oxygen atoms in total. The molecule has 0 aliphatic heterocycles. The normalized spacial score (nSPS) is 10.2. The molecule has 116 valence electrons. The Labute approximate surface area is 134 Å². The van der Waals surface area contributed by atoms with Gasteiger partial charge in [-0.1, -0.05) is 15.9 Å². The van der Waals surface area contributed by atoms with Crippen LogP contribution in [0, 0.1) is 0 Å². The quantitative estimate of drug-likeness (QED) is 0.536. The van der Waals surface area contributed by atoms with Gasteiger partial charge in [0.15, 0.2) is 0 Å². The summed E-state index contributed by atoms with van der Waals surface area (Å²) in [5, 5.41) is 13.7. The Kier molecular flexibility index (Phi) is 5.54. The molecule has 0 aliphatic rings. The van der Waals surface area contributed by atoms with E-state index < -0.39 is 6.09 Å². The molecule has 22 heavy (non-hydrogen) atoms. The average Bonchev–Trinajstić information content (AvgIpc) is 3.05. The monoisotopic (exact) mass is 367 g/mol. The number of carboxylic acid groups (broad SMARTS) is 1. The summed E-state index contributed by atoms with van der Waals surface area (Å²) in [6.45, 7) is 0.311. The molecule has 2 heterocycles. The predicted octanol–water partition coefficient (Wildman–Crippen LogP) is 2.23. The summed E-state index contributed by atoms with van der Waals surface area (Å²) in [6, 6.07) is 7.02. The Balaban J connectivity index is 2.11. The van der Waals surface area contributed by atoms with Crippen LogP contribution in [0.5, 0.6) is 0 Å². The van der Waals surface area contributed by atoms with Crippen LogP contribution in [-0.4, -0.2) is 35.2 Å². The Morgan fingerprint density at radius 3 is 2.68 bits per heavy atom. The van der Waals surface area contributed by atoms with E-state index in [1.165, 1.54) is 0 Å². The highest BCUT2D eigenvalue weighted by molar-refractivity contribution is 9.08. The van der Waals surface area contributed by atoms with Gasteiger partial charge in [0.2, 0.25) is 0 Å². The van der Waals surface area contributed by atoms with Crippen molar-refractivity contribution in [2.75, 3.05) is 13.1 Å². The number of hydrogen-bond acceptors (Lipinski definition) is 4. The molecule has 2 aromatic heterocycles. The van der Waals surface area contributed by atoms with Crippen LogP contribution < -0.4 is 10.6 Å². The van der Waals surface area contributed by atoms with Gasteiger partial charge in [0, 0.05) is 24.0 Å². The number of aromatic nitrogens is 1. The maximum Gasteiger partial charge on any atom is 0.404 e. The molecule has 2 amide bonds. The Hall–Kier alpha value is -2.35. The molecule has 0 saturated carbocycles. The molecule has 0 aromatic carbocycles. The van der Waals surface area contributed by atoms with Gasteiger partial charge in [-0.05, 0) is 24.3 Å². The van der Waals surface area contributed by atoms with Crippen LogP contribution in [0.4, 0.5) is 4.79 Å². The molecule has 2 aromatic rings. The van der Waals surface area contributed by atoms with Crippen molar-refractivity contribution in [1.82, 2.24) is 15.6 Å². The lowest BCUT2D eigenvalue weighted by Crippen LogP contribution is -2.34. The van der Waals surface area contributed by atoms with Gasteiger partial charge in [0.25, 0.3) is 5.91 Å². The van der Waals surface area contributed by atoms with Crippen molar-refractivity contribution in [1.29, 1.82) is 0 Å². The molecule has 8 heteroatoms. The first kappa shape index (κ1) is 16.0. The van der Waals surface area contributed by atoms with Crippen molar-refractivity contribution < 1.29 is 19.1 Å². The number of carbonyl (C=O) groups is 2. The second kappa shape index (κ2) is 7.60. The lowest BCUT2D eigenvalue weighted by Gasteiger charge is -2.07. The average molecular weight is 368 g/mol. The molecular formula is C14H14BrN3O4. The fourth-order valence-electron chi connectivity index (χ4n) is 1.79. The molecule has 0 aliphatic carbocycles. The number of amides is 2. The number of nitrogens with one attached hydrogen (secondary N) is 2. The second-order valence-electron chi connectivity index (χ2n) is 4.33. The lowest BCUT2D eigenvalue weighted by molar-refractivity contribution is 0.0948. The molecular weight excluding hydrogens is 354 g/mol. The number of halogens is 1. The van der Waals surface area contributed by atoms with E-state index in [1.54, 1.807) is 24.5 Å². The minimum Gasteiger partial charge on any atom is -0.465 e. The number of alkyl halides is 1. The SMILES string of the molecule is O=C(O)NCCNC(=O)c1cc(-c2ccco2)cc(CBr)n1. The van der Waals surface area contributed by atoms with Crippen molar-refractivity contribution in [2.24, 2.45) is 0 Å². The Bertz CT molecular complexity index is 658. The first-order chi connectivity index (χ1) is 10.6. The summed E-state index contributed by atoms with van der Waals surface area (Å²) in [5.74, 6) is 0.272. The predicted molar refractivity (Wildman–Crippen MR) is 82.9 cm³/mol. The second-order valence-corrected chi connectivity index (χ2v) is 4.89. The van der Waals surface area contributed by atoms with E-state index in [0.29, 0.717) is 16.8 Å². The van der Waals surface area contributed by atoms with Crippen LogP contribution >= 0.6 is 15.9 Å². The van der Waals surface area contributed by atoms with E-state index in [-0.39, 0.29) is 24.7 Å². The van der Waals surface area contributed by atoms with Crippen LogP contribution in [0.3, 0.4) is 0 Å². The standard InChI is InChI=1S/C14H14BrN3O4/c15-8-10-6-9(12-2-1-5-22-12)7-11(18-10)13(19)16-3-4-17-14(20)21/h1-2,5-7,17H,3-4,8H2,(H,16,19)(H,20,21). The summed E-state index contributed by atoms with van der Waals surface area (Å²) in [5.41, 5.74) is 1.70. The van der Waals surface area contributed by atoms with Gasteiger partial charge in [-0.2, -0.15) is 0 Å². The fourth-order valence-corrected chi connectivity index (χ4v) is 2.08. The third kappa shape index (κ3) is 4.32. The molecule has 0 radical (unpaired) electrons. The number of furan rings is 1. The van der Waals surface area contributed by atoms with Crippen LogP contribution in [-0.2, 0) is 5.33 Å². The molecule has 0 unspecified atom stereocenters. The van der Waals surface area contributed by atoms with Gasteiger partial charge in [-0.3, -0.25) is 4.79 Å². The summed E-state index contributed by atoms with van der Waals surface area (Å²) >= 11 is 3.32. The summed E-state index contributed by atoms with van der Waals surface area (Å²) < 4.78 is 5.33. The largest absolute Gasteiger partial charge is 0.465 e. The van der Waals surface area contributed by atoms with E-state index >= 15 is 0 Å². The smallest absolute Gasteiger partial charge is 0.404 e. The molecule has 0 saturated heterocycles. The highest BCUT2D eigenvalue weighted by Gasteiger charge is 2.12. The molecule has 2 rings (SSSR count). The Morgan fingerprint density at radius 1 is 1.27 bits per heavy atom. The number of hydrogen-bond donors (Lipinski definition) is 3. The number of nitrogens with zero attached hydrogens (tertiary/aromatic N) is 1. The third-order valence-corrected chi connectivity index (χ3v) is 3.31. The van der Waals surface area contributed by atoms with E-state index in [9.17, 15) is 9.59 Å². The van der Waals surface area contributed by atoms with Gasteiger partial charge in [0.1, 0.15) is 11.5 Å². The van der Waals surface area contributed by atoms with E-state index in [4.69, 9.17) is 9.52 Å². The van der Waals surface area contributed by atoms with Crippen molar-refractivity contribution >= 4 is 27.9 Å². The van der Waals surface area contributed by atoms with Crippen LogP contribution in [0.1, 0.15) is 16.2 Å². The molecule has 0 bridgehead atoms. The molecule has 0 atom stereocenters. The minimum absolute atomic E-state index is 0.129. The van der Waals surface area contributed by atoms with Crippen molar-refractivity contribution in [3.63, 3.8) is 0 Å². The van der Waals surface area contributed by atoms with Gasteiger partial charge in [0.05, 0.1) is 12.0 Å². The minimum atomic E-state index is -1.13. The van der Waals surface area contributed by atoms with Gasteiger partial charge in [-0.25, -0.2) is 9.78 Å². The summed E-state index contributed by atoms with van der Waals surface area (Å²) in [6.07, 6.45) is 0.426. The molecule has 0 fully saturated rings. The highest BCUT2D eigenvalue weighted by atomic mass is 79.9. The van der Waals surface area contributed by atoms with Crippen molar-refractivity contribution in [3.05, 3.63) is 41.9 Å².